The number of rotatable bonds is 8. The maximum Gasteiger partial charge on any atom is 0.373 e. The van der Waals surface area contributed by atoms with E-state index in [1.165, 1.54) is 25.3 Å². The molecule has 2 amide bonds. The molecule has 1 fully saturated rings. The van der Waals surface area contributed by atoms with Crippen molar-refractivity contribution in [1.82, 2.24) is 4.90 Å². The van der Waals surface area contributed by atoms with Crippen molar-refractivity contribution in [2.24, 2.45) is 0 Å². The third kappa shape index (κ3) is 5.34. The van der Waals surface area contributed by atoms with E-state index in [-0.39, 0.29) is 36.2 Å². The Morgan fingerprint density at radius 2 is 1.94 bits per heavy atom. The lowest BCUT2D eigenvalue weighted by Crippen LogP contribution is -2.27. The second kappa shape index (κ2) is 9.98. The highest BCUT2D eigenvalue weighted by atomic mass is 32.2. The normalized spacial score (nSPS) is 14.8. The predicted molar refractivity (Wildman–Crippen MR) is 110 cm³/mol. The van der Waals surface area contributed by atoms with Crippen LogP contribution in [0, 0.1) is 0 Å². The standard InChI is InChI=1S/C21H19NO8S/c1-3-28-18(23)12-29-15-7-5-4-6-13(15)10-17-19(24)22(21(26)31-17)11-14-8-9-16(30-14)20(25)27-2/h4-10H,3,11-12H2,1-2H3. The number of esters is 2. The molecule has 0 saturated carbocycles. The molecule has 1 saturated heterocycles. The smallest absolute Gasteiger partial charge is 0.373 e. The van der Waals surface area contributed by atoms with Crippen LogP contribution in [0.2, 0.25) is 0 Å². The van der Waals surface area contributed by atoms with E-state index in [2.05, 4.69) is 4.74 Å². The number of imide groups is 1. The quantitative estimate of drug-likeness (QED) is 0.446. The first-order valence-corrected chi connectivity index (χ1v) is 10.0. The lowest BCUT2D eigenvalue weighted by molar-refractivity contribution is -0.145. The zero-order valence-electron chi connectivity index (χ0n) is 16.8. The Labute approximate surface area is 181 Å². The van der Waals surface area contributed by atoms with Crippen molar-refractivity contribution in [3.05, 3.63) is 58.4 Å². The molecule has 1 aromatic heterocycles. The molecule has 162 valence electrons. The Morgan fingerprint density at radius 1 is 1.16 bits per heavy atom. The minimum Gasteiger partial charge on any atom is -0.481 e. The van der Waals surface area contributed by atoms with E-state index in [9.17, 15) is 19.2 Å². The van der Waals surface area contributed by atoms with Gasteiger partial charge in [0.15, 0.2) is 6.61 Å². The van der Waals surface area contributed by atoms with Crippen molar-refractivity contribution >= 4 is 40.9 Å². The summed E-state index contributed by atoms with van der Waals surface area (Å²) in [5, 5.41) is -0.475. The lowest BCUT2D eigenvalue weighted by Gasteiger charge is -2.10. The van der Waals surface area contributed by atoms with Crippen LogP contribution < -0.4 is 4.74 Å². The number of amides is 2. The van der Waals surface area contributed by atoms with Crippen LogP contribution in [0.1, 0.15) is 28.8 Å². The van der Waals surface area contributed by atoms with E-state index in [1.54, 1.807) is 31.2 Å². The minimum absolute atomic E-state index is 0.0207. The Balaban J connectivity index is 1.74. The Kier molecular flexibility index (Phi) is 7.14. The fraction of sp³-hybridized carbons (Fsp3) is 0.238. The largest absolute Gasteiger partial charge is 0.481 e. The monoisotopic (exact) mass is 445 g/mol. The number of benzene rings is 1. The second-order valence-electron chi connectivity index (χ2n) is 6.16. The van der Waals surface area contributed by atoms with Crippen LogP contribution in [0.5, 0.6) is 5.75 Å². The molecule has 0 bridgehead atoms. The first-order valence-electron chi connectivity index (χ1n) is 9.22. The highest BCUT2D eigenvalue weighted by molar-refractivity contribution is 8.18. The van der Waals surface area contributed by atoms with Crippen LogP contribution in [0.3, 0.4) is 0 Å². The van der Waals surface area contributed by atoms with Gasteiger partial charge in [-0.1, -0.05) is 18.2 Å². The first kappa shape index (κ1) is 22.2. The lowest BCUT2D eigenvalue weighted by atomic mass is 10.2. The maximum absolute atomic E-state index is 12.8. The van der Waals surface area contributed by atoms with Gasteiger partial charge >= 0.3 is 11.9 Å². The van der Waals surface area contributed by atoms with Crippen LogP contribution in [0.25, 0.3) is 6.08 Å². The maximum atomic E-state index is 12.8. The Bertz CT molecular complexity index is 1040. The molecule has 0 aliphatic carbocycles. The van der Waals surface area contributed by atoms with E-state index >= 15 is 0 Å². The van der Waals surface area contributed by atoms with Gasteiger partial charge in [0.1, 0.15) is 11.5 Å². The van der Waals surface area contributed by atoms with Crippen molar-refractivity contribution in [3.63, 3.8) is 0 Å². The van der Waals surface area contributed by atoms with Crippen molar-refractivity contribution in [3.8, 4) is 5.75 Å². The van der Waals surface area contributed by atoms with Gasteiger partial charge in [-0.05, 0) is 43.0 Å². The van der Waals surface area contributed by atoms with Crippen molar-refractivity contribution in [1.29, 1.82) is 0 Å². The second-order valence-corrected chi connectivity index (χ2v) is 7.15. The molecule has 1 aliphatic rings. The predicted octanol–water partition coefficient (Wildman–Crippen LogP) is 3.24. The van der Waals surface area contributed by atoms with Crippen molar-refractivity contribution in [2.75, 3.05) is 20.3 Å². The zero-order chi connectivity index (χ0) is 22.4. The average molecular weight is 445 g/mol. The molecule has 0 atom stereocenters. The minimum atomic E-state index is -0.653. The van der Waals surface area contributed by atoms with Gasteiger partial charge < -0.3 is 18.6 Å². The highest BCUT2D eigenvalue weighted by Gasteiger charge is 2.36. The van der Waals surface area contributed by atoms with Crippen LogP contribution in [0.4, 0.5) is 4.79 Å². The summed E-state index contributed by atoms with van der Waals surface area (Å²) >= 11 is 0.773. The topological polar surface area (TPSA) is 112 Å². The molecule has 0 spiro atoms. The molecular weight excluding hydrogens is 426 g/mol. The summed E-state index contributed by atoms with van der Waals surface area (Å²) < 4.78 is 20.2. The molecule has 9 nitrogen and oxygen atoms in total. The molecule has 0 radical (unpaired) electrons. The number of carbonyl (C=O) groups excluding carboxylic acids is 4. The van der Waals surface area contributed by atoms with Gasteiger partial charge in [0.05, 0.1) is 25.2 Å². The number of hydrogen-bond donors (Lipinski definition) is 0. The number of methoxy groups -OCH3 is 1. The number of para-hydroxylation sites is 1. The third-order valence-corrected chi connectivity index (χ3v) is 5.00. The van der Waals surface area contributed by atoms with E-state index < -0.39 is 23.1 Å². The van der Waals surface area contributed by atoms with Gasteiger partial charge in [0.2, 0.25) is 5.76 Å². The zero-order valence-corrected chi connectivity index (χ0v) is 17.6. The Morgan fingerprint density at radius 3 is 2.68 bits per heavy atom. The summed E-state index contributed by atoms with van der Waals surface area (Å²) in [5.41, 5.74) is 0.531. The molecule has 1 aliphatic heterocycles. The van der Waals surface area contributed by atoms with Crippen LogP contribution in [0.15, 0.2) is 45.7 Å². The molecule has 0 N–H and O–H groups in total. The van der Waals surface area contributed by atoms with E-state index in [0.717, 1.165) is 16.7 Å². The molecule has 31 heavy (non-hydrogen) atoms. The van der Waals surface area contributed by atoms with Gasteiger partial charge in [-0.3, -0.25) is 14.5 Å². The number of hydrogen-bond acceptors (Lipinski definition) is 9. The molecule has 1 aromatic carbocycles. The van der Waals surface area contributed by atoms with Crippen LogP contribution >= 0.6 is 11.8 Å². The summed E-state index contributed by atoms with van der Waals surface area (Å²) in [6.07, 6.45) is 1.52. The molecule has 2 heterocycles. The van der Waals surface area contributed by atoms with Crippen molar-refractivity contribution in [2.45, 2.75) is 13.5 Å². The van der Waals surface area contributed by atoms with Gasteiger partial charge in [0.25, 0.3) is 11.1 Å². The molecule has 2 aromatic rings. The number of ether oxygens (including phenoxy) is 3. The number of nitrogens with zero attached hydrogens (tertiary/aromatic N) is 1. The summed E-state index contributed by atoms with van der Waals surface area (Å²) in [6.45, 7) is 1.54. The van der Waals surface area contributed by atoms with Crippen molar-refractivity contribution < 1.29 is 37.8 Å². The average Bonchev–Trinajstić information content (AvgIpc) is 3.33. The van der Waals surface area contributed by atoms with Gasteiger partial charge in [-0.2, -0.15) is 0 Å². The summed E-state index contributed by atoms with van der Waals surface area (Å²) in [4.78, 5) is 49.3. The summed E-state index contributed by atoms with van der Waals surface area (Å²) in [6, 6.07) is 9.71. The van der Waals surface area contributed by atoms with E-state index in [4.69, 9.17) is 13.9 Å². The molecule has 10 heteroatoms. The van der Waals surface area contributed by atoms with E-state index in [0.29, 0.717) is 11.3 Å². The Hall–Kier alpha value is -3.53. The SMILES string of the molecule is CCOC(=O)COc1ccccc1C=C1SC(=O)N(Cc2ccc(C(=O)OC)o2)C1=O. The van der Waals surface area contributed by atoms with Crippen LogP contribution in [-0.4, -0.2) is 48.3 Å². The molecular formula is C21H19NO8S. The van der Waals surface area contributed by atoms with Crippen LogP contribution in [-0.2, 0) is 25.6 Å². The molecule has 3 rings (SSSR count). The fourth-order valence-corrected chi connectivity index (χ4v) is 3.51. The number of furan rings is 1. The highest BCUT2D eigenvalue weighted by Crippen LogP contribution is 2.35. The summed E-state index contributed by atoms with van der Waals surface area (Å²) in [5.74, 6) is -1.06. The summed E-state index contributed by atoms with van der Waals surface area (Å²) in [7, 11) is 1.22. The third-order valence-electron chi connectivity index (χ3n) is 4.09. The van der Waals surface area contributed by atoms with Gasteiger partial charge in [-0.15, -0.1) is 0 Å². The number of carbonyl (C=O) groups is 4. The first-order chi connectivity index (χ1) is 14.9. The van der Waals surface area contributed by atoms with Gasteiger partial charge in [0, 0.05) is 5.56 Å². The van der Waals surface area contributed by atoms with E-state index in [1.807, 2.05) is 0 Å². The fourth-order valence-electron chi connectivity index (χ4n) is 2.68. The van der Waals surface area contributed by atoms with Gasteiger partial charge in [-0.25, -0.2) is 9.59 Å². The number of thioether (sulfide) groups is 1. The molecule has 0 unspecified atom stereocenters.